The molecule has 0 saturated carbocycles. The molecule has 1 rings (SSSR count). The van der Waals surface area contributed by atoms with Crippen LogP contribution in [0.4, 0.5) is 0 Å². The molecule has 0 atom stereocenters. The van der Waals surface area contributed by atoms with Crippen LogP contribution in [-0.4, -0.2) is 35.4 Å². The summed E-state index contributed by atoms with van der Waals surface area (Å²) in [5.74, 6) is 0. The van der Waals surface area contributed by atoms with E-state index in [4.69, 9.17) is 5.73 Å². The first-order valence-electron chi connectivity index (χ1n) is 2.61. The third-order valence-electron chi connectivity index (χ3n) is 0.955. The van der Waals surface area contributed by atoms with Crippen molar-refractivity contribution >= 4 is 18.9 Å². The maximum atomic E-state index is 5.27. The number of nitrogens with zero attached hydrogens (tertiary/aromatic N) is 1. The number of imidazole rings is 1. The standard InChI is InChI=1S/C5H9N3.Li.H/c6-2-1-5-3-7-4-8-5;;/h3-4H,1-2,6H2,(H,7,8);;. The van der Waals surface area contributed by atoms with Gasteiger partial charge in [0.1, 0.15) is 0 Å². The van der Waals surface area contributed by atoms with Gasteiger partial charge in [0.2, 0.25) is 0 Å². The number of rotatable bonds is 2. The number of nitrogens with two attached hydrogens (primary N) is 1. The number of nitrogens with one attached hydrogen (secondary N) is 1. The van der Waals surface area contributed by atoms with Crippen LogP contribution in [0.25, 0.3) is 0 Å². The molecule has 0 aliphatic heterocycles. The molecule has 0 aliphatic rings. The number of H-pyrrole nitrogens is 1. The van der Waals surface area contributed by atoms with Gasteiger partial charge in [-0.2, -0.15) is 0 Å². The molecule has 0 saturated heterocycles. The zero-order valence-corrected chi connectivity index (χ0v) is 4.59. The maximum absolute atomic E-state index is 5.27. The number of aromatic amines is 1. The minimum atomic E-state index is 0. The Bertz CT molecular complexity index is 138. The van der Waals surface area contributed by atoms with Gasteiger partial charge in [0, 0.05) is 12.6 Å². The van der Waals surface area contributed by atoms with E-state index in [9.17, 15) is 0 Å². The Hall–Kier alpha value is -0.233. The van der Waals surface area contributed by atoms with Crippen molar-refractivity contribution in [3.8, 4) is 0 Å². The third-order valence-corrected chi connectivity index (χ3v) is 0.955. The van der Waals surface area contributed by atoms with Crippen molar-refractivity contribution < 1.29 is 0 Å². The summed E-state index contributed by atoms with van der Waals surface area (Å²) in [6.45, 7) is 0.671. The zero-order chi connectivity index (χ0) is 5.82. The summed E-state index contributed by atoms with van der Waals surface area (Å²) in [7, 11) is 0. The van der Waals surface area contributed by atoms with Crippen LogP contribution in [0, 0.1) is 0 Å². The van der Waals surface area contributed by atoms with Gasteiger partial charge >= 0.3 is 18.9 Å². The van der Waals surface area contributed by atoms with E-state index in [1.807, 2.05) is 6.20 Å². The molecule has 3 N–H and O–H groups in total. The summed E-state index contributed by atoms with van der Waals surface area (Å²) in [4.78, 5) is 6.82. The predicted octanol–water partition coefficient (Wildman–Crippen LogP) is -0.738. The first kappa shape index (κ1) is 8.77. The molecule has 0 bridgehead atoms. The molecule has 1 aromatic rings. The molecule has 1 heterocycles. The Balaban J connectivity index is 0.000000640. The SMILES string of the molecule is NCCc1c[nH]cn1.[LiH]. The van der Waals surface area contributed by atoms with Crippen LogP contribution in [0.5, 0.6) is 0 Å². The van der Waals surface area contributed by atoms with Gasteiger partial charge in [0.05, 0.1) is 12.0 Å². The van der Waals surface area contributed by atoms with Crippen LogP contribution in [0.3, 0.4) is 0 Å². The molecular weight excluding hydrogens is 109 g/mol. The van der Waals surface area contributed by atoms with Gasteiger partial charge in [0.15, 0.2) is 0 Å². The van der Waals surface area contributed by atoms with Crippen molar-refractivity contribution in [2.24, 2.45) is 5.73 Å². The second kappa shape index (κ2) is 4.63. The molecular formula is C5H10LiN3. The average Bonchev–Trinajstić information content (AvgIpc) is 2.19. The van der Waals surface area contributed by atoms with Gasteiger partial charge in [-0.15, -0.1) is 0 Å². The van der Waals surface area contributed by atoms with E-state index >= 15 is 0 Å². The second-order valence-corrected chi connectivity index (χ2v) is 1.60. The van der Waals surface area contributed by atoms with E-state index in [2.05, 4.69) is 9.97 Å². The molecule has 9 heavy (non-hydrogen) atoms. The number of aromatic nitrogens is 2. The molecule has 0 aromatic carbocycles. The van der Waals surface area contributed by atoms with Crippen molar-refractivity contribution in [1.82, 2.24) is 9.97 Å². The molecule has 4 heteroatoms. The topological polar surface area (TPSA) is 54.7 Å². The quantitative estimate of drug-likeness (QED) is 0.504. The number of hydrogen-bond donors (Lipinski definition) is 2. The van der Waals surface area contributed by atoms with E-state index in [-0.39, 0.29) is 18.9 Å². The summed E-state index contributed by atoms with van der Waals surface area (Å²) >= 11 is 0. The molecule has 0 radical (unpaired) electrons. The van der Waals surface area contributed by atoms with Crippen LogP contribution >= 0.6 is 0 Å². The van der Waals surface area contributed by atoms with Crippen LogP contribution in [0.1, 0.15) is 5.69 Å². The number of hydrogen-bond acceptors (Lipinski definition) is 2. The summed E-state index contributed by atoms with van der Waals surface area (Å²) in [5.41, 5.74) is 6.30. The second-order valence-electron chi connectivity index (χ2n) is 1.60. The van der Waals surface area contributed by atoms with Crippen LogP contribution in [-0.2, 0) is 6.42 Å². The van der Waals surface area contributed by atoms with E-state index in [0.717, 1.165) is 12.1 Å². The summed E-state index contributed by atoms with van der Waals surface area (Å²) in [6, 6.07) is 0. The molecule has 1 aromatic heterocycles. The van der Waals surface area contributed by atoms with Gasteiger partial charge < -0.3 is 10.7 Å². The van der Waals surface area contributed by atoms with Crippen molar-refractivity contribution in [3.05, 3.63) is 18.2 Å². The van der Waals surface area contributed by atoms with E-state index in [1.54, 1.807) is 6.33 Å². The average molecular weight is 119 g/mol. The van der Waals surface area contributed by atoms with E-state index in [0.29, 0.717) is 6.54 Å². The van der Waals surface area contributed by atoms with Crippen LogP contribution in [0.2, 0.25) is 0 Å². The first-order valence-corrected chi connectivity index (χ1v) is 2.61. The van der Waals surface area contributed by atoms with Gasteiger partial charge in [-0.3, -0.25) is 0 Å². The first-order chi connectivity index (χ1) is 3.93. The van der Waals surface area contributed by atoms with Crippen molar-refractivity contribution in [2.45, 2.75) is 6.42 Å². The Kier molecular flexibility index (Phi) is 4.51. The van der Waals surface area contributed by atoms with Gasteiger partial charge in [-0.1, -0.05) is 0 Å². The molecule has 0 unspecified atom stereocenters. The molecule has 0 fully saturated rings. The monoisotopic (exact) mass is 119 g/mol. The van der Waals surface area contributed by atoms with Crippen LogP contribution < -0.4 is 5.73 Å². The van der Waals surface area contributed by atoms with Crippen molar-refractivity contribution in [1.29, 1.82) is 0 Å². The fourth-order valence-electron chi connectivity index (χ4n) is 0.576. The van der Waals surface area contributed by atoms with E-state index in [1.165, 1.54) is 0 Å². The summed E-state index contributed by atoms with van der Waals surface area (Å²) < 4.78 is 0. The summed E-state index contributed by atoms with van der Waals surface area (Å²) in [6.07, 6.45) is 4.38. The minimum absolute atomic E-state index is 0. The van der Waals surface area contributed by atoms with Crippen molar-refractivity contribution in [2.75, 3.05) is 6.54 Å². The molecule has 0 spiro atoms. The molecule has 46 valence electrons. The van der Waals surface area contributed by atoms with Gasteiger partial charge in [-0.05, 0) is 6.54 Å². The Morgan fingerprint density at radius 3 is 2.89 bits per heavy atom. The van der Waals surface area contributed by atoms with Crippen LogP contribution in [0.15, 0.2) is 12.5 Å². The molecule has 3 nitrogen and oxygen atoms in total. The molecule has 0 amide bonds. The predicted molar refractivity (Wildman–Crippen MR) is 38.5 cm³/mol. The Labute approximate surface area is 66.2 Å². The fraction of sp³-hybridized carbons (Fsp3) is 0.400. The normalized spacial score (nSPS) is 8.56. The fourth-order valence-corrected chi connectivity index (χ4v) is 0.576. The van der Waals surface area contributed by atoms with Gasteiger partial charge in [-0.25, -0.2) is 4.98 Å². The zero-order valence-electron chi connectivity index (χ0n) is 4.59. The Morgan fingerprint density at radius 2 is 2.44 bits per heavy atom. The van der Waals surface area contributed by atoms with Crippen molar-refractivity contribution in [3.63, 3.8) is 0 Å². The Morgan fingerprint density at radius 1 is 1.67 bits per heavy atom. The third kappa shape index (κ3) is 2.71. The summed E-state index contributed by atoms with van der Waals surface area (Å²) in [5, 5.41) is 0. The van der Waals surface area contributed by atoms with E-state index < -0.39 is 0 Å². The van der Waals surface area contributed by atoms with Gasteiger partial charge in [0.25, 0.3) is 0 Å². The molecule has 0 aliphatic carbocycles.